The maximum Gasteiger partial charge on any atom is 0.232 e. The van der Waals surface area contributed by atoms with Crippen LogP contribution in [0, 0.1) is 11.3 Å². The Balaban J connectivity index is 1.62. The zero-order valence-electron chi connectivity index (χ0n) is 14.1. The minimum Gasteiger partial charge on any atom is -0.380 e. The number of hydrogen-bond donors (Lipinski definition) is 1. The molecule has 0 bridgehead atoms. The molecular weight excluding hydrogens is 278 g/mol. The highest BCUT2D eigenvalue weighted by atomic mass is 16.5. The van der Waals surface area contributed by atoms with E-state index in [1.165, 1.54) is 0 Å². The Bertz CT molecular complexity index is 391. The molecule has 3 heterocycles. The number of fused-ring (bicyclic) bond motifs is 1. The number of rotatable bonds is 4. The largest absolute Gasteiger partial charge is 0.380 e. The molecule has 0 spiro atoms. The third-order valence-corrected chi connectivity index (χ3v) is 6.09. The Hall–Kier alpha value is -0.650. The van der Waals surface area contributed by atoms with E-state index in [9.17, 15) is 4.79 Å². The number of nitrogens with one attached hydrogen (secondary N) is 1. The van der Waals surface area contributed by atoms with Crippen molar-refractivity contribution >= 4 is 5.91 Å². The molecule has 3 aliphatic rings. The van der Waals surface area contributed by atoms with Gasteiger partial charge in [0.25, 0.3) is 0 Å². The van der Waals surface area contributed by atoms with E-state index in [4.69, 9.17) is 4.74 Å². The van der Waals surface area contributed by atoms with E-state index in [-0.39, 0.29) is 5.41 Å². The summed E-state index contributed by atoms with van der Waals surface area (Å²) in [5.74, 6) is 0.814. The first-order valence-corrected chi connectivity index (χ1v) is 9.03. The number of nitrogens with zero attached hydrogens (tertiary/aromatic N) is 2. The van der Waals surface area contributed by atoms with Gasteiger partial charge in [-0.15, -0.1) is 0 Å². The highest BCUT2D eigenvalue weighted by molar-refractivity contribution is 5.84. The van der Waals surface area contributed by atoms with Crippen molar-refractivity contribution in [2.75, 3.05) is 52.5 Å². The molecule has 0 radical (unpaired) electrons. The summed E-state index contributed by atoms with van der Waals surface area (Å²) in [6, 6.07) is 0.650. The van der Waals surface area contributed by atoms with Crippen LogP contribution >= 0.6 is 0 Å². The van der Waals surface area contributed by atoms with E-state index in [0.29, 0.717) is 24.5 Å². The van der Waals surface area contributed by atoms with Crippen molar-refractivity contribution in [2.45, 2.75) is 39.2 Å². The molecule has 126 valence electrons. The fourth-order valence-corrected chi connectivity index (χ4v) is 4.64. The average molecular weight is 309 g/mol. The van der Waals surface area contributed by atoms with Gasteiger partial charge >= 0.3 is 0 Å². The van der Waals surface area contributed by atoms with Crippen LogP contribution < -0.4 is 5.32 Å². The second-order valence-electron chi connectivity index (χ2n) is 7.07. The molecule has 5 nitrogen and oxygen atoms in total. The van der Waals surface area contributed by atoms with Gasteiger partial charge in [-0.3, -0.25) is 4.79 Å². The van der Waals surface area contributed by atoms with Crippen molar-refractivity contribution in [3.63, 3.8) is 0 Å². The van der Waals surface area contributed by atoms with Crippen molar-refractivity contribution in [3.8, 4) is 0 Å². The Morgan fingerprint density at radius 3 is 2.68 bits per heavy atom. The third kappa shape index (κ3) is 2.79. The van der Waals surface area contributed by atoms with Crippen molar-refractivity contribution < 1.29 is 9.53 Å². The summed E-state index contributed by atoms with van der Waals surface area (Å²) < 4.78 is 5.70. The van der Waals surface area contributed by atoms with Crippen LogP contribution in [0.1, 0.15) is 33.1 Å². The van der Waals surface area contributed by atoms with Gasteiger partial charge in [0, 0.05) is 32.3 Å². The molecule has 3 rings (SSSR count). The topological polar surface area (TPSA) is 44.8 Å². The van der Waals surface area contributed by atoms with Crippen LogP contribution in [0.15, 0.2) is 0 Å². The minimum atomic E-state index is -0.277. The van der Waals surface area contributed by atoms with Crippen LogP contribution in [0.4, 0.5) is 0 Å². The van der Waals surface area contributed by atoms with Gasteiger partial charge in [-0.1, -0.05) is 13.8 Å². The van der Waals surface area contributed by atoms with E-state index in [1.54, 1.807) is 0 Å². The van der Waals surface area contributed by atoms with Crippen LogP contribution in [-0.4, -0.2) is 74.2 Å². The smallest absolute Gasteiger partial charge is 0.232 e. The van der Waals surface area contributed by atoms with Crippen LogP contribution in [0.3, 0.4) is 0 Å². The quantitative estimate of drug-likeness (QED) is 0.840. The molecule has 2 atom stereocenters. The Kier molecular flexibility index (Phi) is 5.05. The predicted octanol–water partition coefficient (Wildman–Crippen LogP) is 0.945. The number of carbonyl (C=O) groups is 1. The average Bonchev–Trinajstić information content (AvgIpc) is 3.01. The van der Waals surface area contributed by atoms with Crippen molar-refractivity contribution in [1.82, 2.24) is 15.1 Å². The van der Waals surface area contributed by atoms with Gasteiger partial charge in [-0.25, -0.2) is 0 Å². The van der Waals surface area contributed by atoms with Crippen LogP contribution in [-0.2, 0) is 9.53 Å². The number of ether oxygens (including phenoxy) is 1. The number of hydrogen-bond acceptors (Lipinski definition) is 4. The molecule has 22 heavy (non-hydrogen) atoms. The van der Waals surface area contributed by atoms with Crippen molar-refractivity contribution in [3.05, 3.63) is 0 Å². The first-order valence-electron chi connectivity index (χ1n) is 9.03. The molecule has 1 amide bonds. The standard InChI is InChI=1S/C17H31N3O2/c1-3-19(4-2)15-5-8-20(9-6-15)16(21)17-12-18-11-14(17)7-10-22-13-17/h14-15,18H,3-13H2,1-2H3/t14-,17+/m1/s1. The van der Waals surface area contributed by atoms with Gasteiger partial charge in [0.05, 0.1) is 12.0 Å². The summed E-state index contributed by atoms with van der Waals surface area (Å²) in [4.78, 5) is 17.8. The van der Waals surface area contributed by atoms with Gasteiger partial charge in [0.2, 0.25) is 5.91 Å². The fourth-order valence-electron chi connectivity index (χ4n) is 4.64. The molecule has 5 heteroatoms. The summed E-state index contributed by atoms with van der Waals surface area (Å²) >= 11 is 0. The molecule has 0 aliphatic carbocycles. The van der Waals surface area contributed by atoms with Crippen LogP contribution in [0.2, 0.25) is 0 Å². The normalized spacial score (nSPS) is 33.2. The van der Waals surface area contributed by atoms with Crippen LogP contribution in [0.25, 0.3) is 0 Å². The zero-order chi connectivity index (χ0) is 15.6. The Morgan fingerprint density at radius 1 is 1.27 bits per heavy atom. The van der Waals surface area contributed by atoms with Crippen molar-refractivity contribution in [1.29, 1.82) is 0 Å². The van der Waals surface area contributed by atoms with E-state index in [1.807, 2.05) is 0 Å². The van der Waals surface area contributed by atoms with Gasteiger partial charge in [-0.2, -0.15) is 0 Å². The lowest BCUT2D eigenvalue weighted by Gasteiger charge is -2.44. The Labute approximate surface area is 134 Å². The number of carbonyl (C=O) groups excluding carboxylic acids is 1. The van der Waals surface area contributed by atoms with E-state index in [0.717, 1.165) is 65.1 Å². The summed E-state index contributed by atoms with van der Waals surface area (Å²) in [5, 5.41) is 3.43. The molecule has 0 aromatic rings. The molecular formula is C17H31N3O2. The van der Waals surface area contributed by atoms with Crippen LogP contribution in [0.5, 0.6) is 0 Å². The fraction of sp³-hybridized carbons (Fsp3) is 0.941. The van der Waals surface area contributed by atoms with Gasteiger partial charge < -0.3 is 19.9 Å². The van der Waals surface area contributed by atoms with Gasteiger partial charge in [0.1, 0.15) is 0 Å². The SMILES string of the molecule is CCN(CC)C1CCN(C(=O)[C@]23CNC[C@H]2CCOC3)CC1. The molecule has 3 saturated heterocycles. The molecule has 1 N–H and O–H groups in total. The summed E-state index contributed by atoms with van der Waals surface area (Å²) in [5.41, 5.74) is -0.277. The first kappa shape index (κ1) is 16.2. The molecule has 0 aromatic carbocycles. The summed E-state index contributed by atoms with van der Waals surface area (Å²) in [6.45, 7) is 11.7. The van der Waals surface area contributed by atoms with Crippen molar-refractivity contribution in [2.24, 2.45) is 11.3 Å². The molecule has 3 aliphatic heterocycles. The zero-order valence-corrected chi connectivity index (χ0v) is 14.1. The van der Waals surface area contributed by atoms with Gasteiger partial charge in [-0.05, 0) is 44.8 Å². The predicted molar refractivity (Wildman–Crippen MR) is 86.8 cm³/mol. The number of likely N-dealkylation sites (tertiary alicyclic amines) is 1. The second kappa shape index (κ2) is 6.85. The minimum absolute atomic E-state index is 0.277. The lowest BCUT2D eigenvalue weighted by Crippen LogP contribution is -2.56. The molecule has 0 aromatic heterocycles. The van der Waals surface area contributed by atoms with Gasteiger partial charge in [0.15, 0.2) is 0 Å². The molecule has 3 fully saturated rings. The highest BCUT2D eigenvalue weighted by Crippen LogP contribution is 2.39. The lowest BCUT2D eigenvalue weighted by atomic mass is 9.74. The second-order valence-corrected chi connectivity index (χ2v) is 7.07. The van der Waals surface area contributed by atoms with E-state index in [2.05, 4.69) is 29.0 Å². The molecule has 0 unspecified atom stereocenters. The van der Waals surface area contributed by atoms with E-state index >= 15 is 0 Å². The maximum atomic E-state index is 13.2. The number of amides is 1. The van der Waals surface area contributed by atoms with E-state index < -0.39 is 0 Å². The molecule has 0 saturated carbocycles. The summed E-state index contributed by atoms with van der Waals surface area (Å²) in [7, 11) is 0. The maximum absolute atomic E-state index is 13.2. The highest BCUT2D eigenvalue weighted by Gasteiger charge is 2.52. The Morgan fingerprint density at radius 2 is 2.00 bits per heavy atom. The first-order chi connectivity index (χ1) is 10.7. The third-order valence-electron chi connectivity index (χ3n) is 6.09. The monoisotopic (exact) mass is 309 g/mol. The lowest BCUT2D eigenvalue weighted by molar-refractivity contribution is -0.154. The summed E-state index contributed by atoms with van der Waals surface area (Å²) in [6.07, 6.45) is 3.25. The number of piperidine rings is 1.